The molecule has 1 aromatic heterocycles. The van der Waals surface area contributed by atoms with Crippen molar-refractivity contribution in [3.63, 3.8) is 0 Å². The number of nitrogens with one attached hydrogen (secondary N) is 2. The molecule has 4 rings (SSSR count). The Morgan fingerprint density at radius 3 is 2.68 bits per heavy atom. The summed E-state index contributed by atoms with van der Waals surface area (Å²) in [7, 11) is 0. The largest absolute Gasteiger partial charge is 0.454 e. The first-order chi connectivity index (χ1) is 15.1. The quantitative estimate of drug-likeness (QED) is 0.569. The van der Waals surface area contributed by atoms with Crippen LogP contribution in [0.2, 0.25) is 0 Å². The van der Waals surface area contributed by atoms with Gasteiger partial charge in [-0.3, -0.25) is 14.7 Å². The molecule has 1 aliphatic heterocycles. The van der Waals surface area contributed by atoms with Crippen molar-refractivity contribution in [2.24, 2.45) is 0 Å². The summed E-state index contributed by atoms with van der Waals surface area (Å²) in [5, 5.41) is 13.5. The van der Waals surface area contributed by atoms with Crippen LogP contribution in [0, 0.1) is 0 Å². The number of fused-ring (bicyclic) bond motifs is 1. The Balaban J connectivity index is 1.66. The summed E-state index contributed by atoms with van der Waals surface area (Å²) < 4.78 is 12.8. The van der Waals surface area contributed by atoms with E-state index in [1.54, 1.807) is 13.8 Å². The third kappa shape index (κ3) is 4.48. The highest BCUT2D eigenvalue weighted by molar-refractivity contribution is 8.00. The first kappa shape index (κ1) is 20.7. The summed E-state index contributed by atoms with van der Waals surface area (Å²) in [6.07, 6.45) is 0. The number of nitrogens with zero attached hydrogens (tertiary/aromatic N) is 3. The van der Waals surface area contributed by atoms with Gasteiger partial charge in [-0.15, -0.1) is 10.2 Å². The van der Waals surface area contributed by atoms with Crippen molar-refractivity contribution in [1.82, 2.24) is 25.4 Å². The molecule has 2 heterocycles. The van der Waals surface area contributed by atoms with Gasteiger partial charge in [0.1, 0.15) is 0 Å². The van der Waals surface area contributed by atoms with Gasteiger partial charge in [-0.2, -0.15) is 0 Å². The number of imide groups is 1. The summed E-state index contributed by atoms with van der Waals surface area (Å²) in [6.45, 7) is 4.11. The maximum atomic E-state index is 12.4. The van der Waals surface area contributed by atoms with E-state index in [0.29, 0.717) is 29.0 Å². The monoisotopic (exact) mass is 439 g/mol. The molecule has 1 unspecified atom stereocenters. The minimum Gasteiger partial charge on any atom is -0.454 e. The first-order valence-electron chi connectivity index (χ1n) is 9.73. The van der Waals surface area contributed by atoms with E-state index in [-0.39, 0.29) is 6.79 Å². The maximum absolute atomic E-state index is 12.4. The number of amides is 3. The number of urea groups is 1. The highest BCUT2D eigenvalue weighted by atomic mass is 32.2. The lowest BCUT2D eigenvalue weighted by Gasteiger charge is -2.14. The molecule has 31 heavy (non-hydrogen) atoms. The molecule has 2 aromatic carbocycles. The van der Waals surface area contributed by atoms with Crippen LogP contribution in [0.25, 0.3) is 17.1 Å². The zero-order valence-corrected chi connectivity index (χ0v) is 17.8. The Morgan fingerprint density at radius 2 is 1.90 bits per heavy atom. The molecule has 0 bridgehead atoms. The summed E-state index contributed by atoms with van der Waals surface area (Å²) in [5.74, 6) is 1.51. The Morgan fingerprint density at radius 1 is 1.13 bits per heavy atom. The fraction of sp³-hybridized carbons (Fsp3) is 0.238. The number of aromatic nitrogens is 3. The number of carbonyl (C=O) groups excluding carboxylic acids is 2. The lowest BCUT2D eigenvalue weighted by molar-refractivity contribution is -0.119. The lowest BCUT2D eigenvalue weighted by Crippen LogP contribution is -2.42. The molecule has 3 amide bonds. The fourth-order valence-electron chi connectivity index (χ4n) is 3.01. The van der Waals surface area contributed by atoms with Crippen molar-refractivity contribution in [1.29, 1.82) is 0 Å². The molecule has 0 radical (unpaired) electrons. The van der Waals surface area contributed by atoms with Crippen LogP contribution < -0.4 is 20.1 Å². The molecule has 3 aromatic rings. The summed E-state index contributed by atoms with van der Waals surface area (Å²) in [6, 6.07) is 14.7. The normalized spacial score (nSPS) is 13.0. The van der Waals surface area contributed by atoms with Crippen molar-refractivity contribution >= 4 is 23.7 Å². The predicted octanol–water partition coefficient (Wildman–Crippen LogP) is 2.99. The third-order valence-electron chi connectivity index (χ3n) is 4.50. The summed E-state index contributed by atoms with van der Waals surface area (Å²) in [5.41, 5.74) is 1.64. The SMILES string of the molecule is CCNC(=O)NC(=O)C(C)Sc1nnc(-c2ccc3c(c2)OCO3)n1-c1ccccc1. The number of benzene rings is 2. The molecular weight excluding hydrogens is 418 g/mol. The van der Waals surface area contributed by atoms with Crippen LogP contribution in [0.3, 0.4) is 0 Å². The van der Waals surface area contributed by atoms with E-state index in [1.165, 1.54) is 11.8 Å². The molecule has 1 atom stereocenters. The molecule has 9 nitrogen and oxygen atoms in total. The lowest BCUT2D eigenvalue weighted by atomic mass is 10.2. The predicted molar refractivity (Wildman–Crippen MR) is 115 cm³/mol. The topological polar surface area (TPSA) is 107 Å². The van der Waals surface area contributed by atoms with Gasteiger partial charge in [0.2, 0.25) is 12.7 Å². The number of para-hydroxylation sites is 1. The second-order valence-electron chi connectivity index (χ2n) is 6.65. The van der Waals surface area contributed by atoms with Crippen molar-refractivity contribution in [3.05, 3.63) is 48.5 Å². The van der Waals surface area contributed by atoms with Crippen molar-refractivity contribution in [2.45, 2.75) is 24.3 Å². The zero-order chi connectivity index (χ0) is 21.8. The van der Waals surface area contributed by atoms with Gasteiger partial charge in [0.05, 0.1) is 5.25 Å². The van der Waals surface area contributed by atoms with E-state index in [4.69, 9.17) is 9.47 Å². The zero-order valence-electron chi connectivity index (χ0n) is 17.0. The van der Waals surface area contributed by atoms with E-state index in [9.17, 15) is 9.59 Å². The number of hydrogen-bond acceptors (Lipinski definition) is 7. The van der Waals surface area contributed by atoms with E-state index in [1.807, 2.05) is 53.1 Å². The van der Waals surface area contributed by atoms with Crippen molar-refractivity contribution in [3.8, 4) is 28.6 Å². The van der Waals surface area contributed by atoms with Crippen LogP contribution in [0.4, 0.5) is 4.79 Å². The third-order valence-corrected chi connectivity index (χ3v) is 5.55. The second-order valence-corrected chi connectivity index (χ2v) is 7.96. The van der Waals surface area contributed by atoms with Crippen LogP contribution in [0.5, 0.6) is 11.5 Å². The van der Waals surface area contributed by atoms with Gasteiger partial charge in [-0.25, -0.2) is 4.79 Å². The molecule has 0 spiro atoms. The molecule has 0 saturated heterocycles. The number of carbonyl (C=O) groups is 2. The van der Waals surface area contributed by atoms with Gasteiger partial charge in [0, 0.05) is 17.8 Å². The minimum absolute atomic E-state index is 0.184. The molecule has 0 aliphatic carbocycles. The number of thioether (sulfide) groups is 1. The molecule has 1 aliphatic rings. The van der Waals surface area contributed by atoms with Crippen LogP contribution in [0.15, 0.2) is 53.7 Å². The Bertz CT molecular complexity index is 1100. The van der Waals surface area contributed by atoms with Crippen LogP contribution in [-0.4, -0.2) is 45.3 Å². The van der Waals surface area contributed by atoms with E-state index in [0.717, 1.165) is 11.3 Å². The molecular formula is C21H21N5O4S. The van der Waals surface area contributed by atoms with Crippen LogP contribution in [-0.2, 0) is 4.79 Å². The standard InChI is InChI=1S/C21H21N5O4S/c1-3-22-20(28)23-19(27)13(2)31-21-25-24-18(26(21)15-7-5-4-6-8-15)14-9-10-16-17(11-14)30-12-29-16/h4-11,13H,3,12H2,1-2H3,(H2,22,23,27,28). The molecule has 160 valence electrons. The Labute approximate surface area is 183 Å². The van der Waals surface area contributed by atoms with Crippen LogP contribution >= 0.6 is 11.8 Å². The van der Waals surface area contributed by atoms with E-state index >= 15 is 0 Å². The summed E-state index contributed by atoms with van der Waals surface area (Å²) in [4.78, 5) is 24.1. The van der Waals surface area contributed by atoms with Gasteiger partial charge in [-0.05, 0) is 44.2 Å². The molecule has 2 N–H and O–H groups in total. The Hall–Kier alpha value is -3.53. The number of hydrogen-bond donors (Lipinski definition) is 2. The van der Waals surface area contributed by atoms with Gasteiger partial charge in [-0.1, -0.05) is 30.0 Å². The van der Waals surface area contributed by atoms with Crippen molar-refractivity contribution in [2.75, 3.05) is 13.3 Å². The Kier molecular flexibility index (Phi) is 6.08. The second kappa shape index (κ2) is 9.09. The average Bonchev–Trinajstić information content (AvgIpc) is 3.40. The number of rotatable bonds is 6. The summed E-state index contributed by atoms with van der Waals surface area (Å²) >= 11 is 1.22. The van der Waals surface area contributed by atoms with Crippen LogP contribution in [0.1, 0.15) is 13.8 Å². The molecule has 0 fully saturated rings. The highest BCUT2D eigenvalue weighted by Crippen LogP contribution is 2.37. The minimum atomic E-state index is -0.570. The fourth-order valence-corrected chi connectivity index (χ4v) is 3.88. The number of ether oxygens (including phenoxy) is 2. The maximum Gasteiger partial charge on any atom is 0.321 e. The average molecular weight is 439 g/mol. The van der Waals surface area contributed by atoms with Gasteiger partial charge >= 0.3 is 6.03 Å². The van der Waals surface area contributed by atoms with Gasteiger partial charge in [0.15, 0.2) is 22.5 Å². The van der Waals surface area contributed by atoms with E-state index in [2.05, 4.69) is 20.8 Å². The van der Waals surface area contributed by atoms with Gasteiger partial charge in [0.25, 0.3) is 0 Å². The first-order valence-corrected chi connectivity index (χ1v) is 10.6. The highest BCUT2D eigenvalue weighted by Gasteiger charge is 2.24. The smallest absolute Gasteiger partial charge is 0.321 e. The molecule has 10 heteroatoms. The van der Waals surface area contributed by atoms with E-state index < -0.39 is 17.2 Å². The molecule has 0 saturated carbocycles. The van der Waals surface area contributed by atoms with Crippen molar-refractivity contribution < 1.29 is 19.1 Å². The van der Waals surface area contributed by atoms with Gasteiger partial charge < -0.3 is 14.8 Å².